The van der Waals surface area contributed by atoms with Crippen LogP contribution in [-0.4, -0.2) is 22.5 Å². The number of rotatable bonds is 1. The minimum atomic E-state index is -1.11. The van der Waals surface area contributed by atoms with E-state index >= 15 is 0 Å². The molecule has 4 aromatic rings. The third kappa shape index (κ3) is 2.51. The first-order valence-electron chi connectivity index (χ1n) is 10.8. The van der Waals surface area contributed by atoms with Gasteiger partial charge < -0.3 is 16.6 Å². The summed E-state index contributed by atoms with van der Waals surface area (Å²) >= 11 is 0. The normalized spacial score (nSPS) is 15.9. The van der Waals surface area contributed by atoms with Crippen LogP contribution in [0, 0.1) is 0 Å². The lowest BCUT2D eigenvalue weighted by molar-refractivity contribution is 0.0980. The van der Waals surface area contributed by atoms with Crippen LogP contribution in [-0.2, 0) is 0 Å². The maximum absolute atomic E-state index is 13.6. The molecule has 0 radical (unpaired) electrons. The fourth-order valence-corrected chi connectivity index (χ4v) is 5.10. The number of aliphatic hydroxyl groups excluding tert-OH is 1. The van der Waals surface area contributed by atoms with Gasteiger partial charge in [0.05, 0.1) is 5.56 Å². The Morgan fingerprint density at radius 2 is 1.03 bits per heavy atom. The molecule has 4 aromatic carbocycles. The second-order valence-electron chi connectivity index (χ2n) is 8.47. The van der Waals surface area contributed by atoms with Crippen LogP contribution in [0.15, 0.2) is 72.8 Å². The van der Waals surface area contributed by atoms with E-state index in [1.165, 1.54) is 0 Å². The van der Waals surface area contributed by atoms with Crippen LogP contribution < -0.4 is 11.5 Å². The van der Waals surface area contributed by atoms with Gasteiger partial charge in [-0.2, -0.15) is 0 Å². The SMILES string of the molecule is Nc1ccc(-c2ccc(N)c3c2C(=O)c2ccccc2C3O)c2c1C(=O)c1ccccc1C2=O. The Morgan fingerprint density at radius 1 is 0.529 bits per heavy atom. The van der Waals surface area contributed by atoms with Crippen LogP contribution in [0.4, 0.5) is 11.4 Å². The molecule has 1 atom stereocenters. The molecule has 1 unspecified atom stereocenters. The van der Waals surface area contributed by atoms with Crippen LogP contribution in [0.3, 0.4) is 0 Å². The predicted octanol–water partition coefficient (Wildman–Crippen LogP) is 3.92. The average Bonchev–Trinajstić information content (AvgIpc) is 2.86. The Labute approximate surface area is 194 Å². The van der Waals surface area contributed by atoms with Crippen molar-refractivity contribution in [3.63, 3.8) is 0 Å². The zero-order valence-corrected chi connectivity index (χ0v) is 17.8. The van der Waals surface area contributed by atoms with Gasteiger partial charge >= 0.3 is 0 Å². The summed E-state index contributed by atoms with van der Waals surface area (Å²) in [5, 5.41) is 11.1. The number of hydrogen-bond acceptors (Lipinski definition) is 6. The number of nitrogen functional groups attached to an aromatic ring is 2. The smallest absolute Gasteiger partial charge is 0.196 e. The number of anilines is 2. The van der Waals surface area contributed by atoms with E-state index in [1.807, 2.05) is 0 Å². The van der Waals surface area contributed by atoms with Crippen LogP contribution in [0.5, 0.6) is 0 Å². The number of benzene rings is 4. The van der Waals surface area contributed by atoms with E-state index in [1.54, 1.807) is 72.8 Å². The van der Waals surface area contributed by atoms with E-state index in [9.17, 15) is 19.5 Å². The van der Waals surface area contributed by atoms with E-state index in [0.29, 0.717) is 33.4 Å². The molecule has 5 N–H and O–H groups in total. The largest absolute Gasteiger partial charge is 0.398 e. The van der Waals surface area contributed by atoms with Crippen LogP contribution in [0.25, 0.3) is 11.1 Å². The summed E-state index contributed by atoms with van der Waals surface area (Å²) in [7, 11) is 0. The zero-order valence-electron chi connectivity index (χ0n) is 17.8. The molecule has 164 valence electrons. The standard InChI is InChI=1S/C28H18N2O4/c29-19-11-9-13(21-23(19)27(33)17-7-3-1-5-15(17)25(21)31)14-10-12-20(30)24-22(14)26(32)16-6-2-4-8-18(16)28(24)34/h1-12,27,33H,29-30H2. The van der Waals surface area contributed by atoms with Gasteiger partial charge in [-0.05, 0) is 28.8 Å². The summed E-state index contributed by atoms with van der Waals surface area (Å²) in [6.07, 6.45) is -1.11. The van der Waals surface area contributed by atoms with Crippen molar-refractivity contribution in [3.8, 4) is 11.1 Å². The molecule has 0 aromatic heterocycles. The van der Waals surface area contributed by atoms with Crippen molar-refractivity contribution in [1.29, 1.82) is 0 Å². The van der Waals surface area contributed by atoms with Gasteiger partial charge in [0, 0.05) is 44.8 Å². The Hall–Kier alpha value is -4.55. The van der Waals surface area contributed by atoms with Crippen molar-refractivity contribution in [1.82, 2.24) is 0 Å². The molecule has 6 rings (SSSR count). The van der Waals surface area contributed by atoms with E-state index in [4.69, 9.17) is 11.5 Å². The first kappa shape index (κ1) is 20.1. The molecule has 6 heteroatoms. The molecule has 2 aliphatic carbocycles. The first-order valence-corrected chi connectivity index (χ1v) is 10.8. The van der Waals surface area contributed by atoms with Crippen molar-refractivity contribution in [2.24, 2.45) is 0 Å². The highest BCUT2D eigenvalue weighted by atomic mass is 16.3. The summed E-state index contributed by atoms with van der Waals surface area (Å²) in [6, 6.07) is 19.9. The number of fused-ring (bicyclic) bond motifs is 4. The molecular formula is C28H18N2O4. The van der Waals surface area contributed by atoms with Gasteiger partial charge in [0.1, 0.15) is 6.10 Å². The number of ketones is 3. The predicted molar refractivity (Wildman–Crippen MR) is 128 cm³/mol. The van der Waals surface area contributed by atoms with Crippen molar-refractivity contribution in [2.75, 3.05) is 11.5 Å². The Kier molecular flexibility index (Phi) is 4.12. The topological polar surface area (TPSA) is 123 Å². The highest BCUT2D eigenvalue weighted by molar-refractivity contribution is 6.32. The number of aliphatic hydroxyl groups is 1. The van der Waals surface area contributed by atoms with E-state index < -0.39 is 6.10 Å². The zero-order chi connectivity index (χ0) is 23.7. The van der Waals surface area contributed by atoms with Crippen molar-refractivity contribution < 1.29 is 19.5 Å². The van der Waals surface area contributed by atoms with E-state index in [2.05, 4.69) is 0 Å². The van der Waals surface area contributed by atoms with Gasteiger partial charge in [0.15, 0.2) is 17.3 Å². The quantitative estimate of drug-likeness (QED) is 0.335. The van der Waals surface area contributed by atoms with Gasteiger partial charge in [-0.15, -0.1) is 0 Å². The molecule has 0 aliphatic heterocycles. The number of hydrogen-bond donors (Lipinski definition) is 3. The van der Waals surface area contributed by atoms with Gasteiger partial charge in [-0.1, -0.05) is 60.7 Å². The summed E-state index contributed by atoms with van der Waals surface area (Å²) in [6.45, 7) is 0. The molecule has 0 amide bonds. The molecular weight excluding hydrogens is 428 g/mol. The minimum absolute atomic E-state index is 0.121. The lowest BCUT2D eigenvalue weighted by atomic mass is 9.75. The van der Waals surface area contributed by atoms with E-state index in [-0.39, 0.29) is 51.0 Å². The van der Waals surface area contributed by atoms with Crippen molar-refractivity contribution in [2.45, 2.75) is 6.10 Å². The maximum Gasteiger partial charge on any atom is 0.196 e. The highest BCUT2D eigenvalue weighted by Crippen LogP contribution is 2.45. The third-order valence-corrected chi connectivity index (χ3v) is 6.68. The maximum atomic E-state index is 13.6. The Bertz CT molecular complexity index is 1600. The van der Waals surface area contributed by atoms with Crippen molar-refractivity contribution in [3.05, 3.63) is 117 Å². The van der Waals surface area contributed by atoms with Gasteiger partial charge in [0.2, 0.25) is 0 Å². The molecule has 34 heavy (non-hydrogen) atoms. The Balaban J connectivity index is 1.67. The average molecular weight is 446 g/mol. The van der Waals surface area contributed by atoms with Crippen molar-refractivity contribution >= 4 is 28.7 Å². The van der Waals surface area contributed by atoms with Gasteiger partial charge in [-0.3, -0.25) is 14.4 Å². The summed E-state index contributed by atoms with van der Waals surface area (Å²) < 4.78 is 0. The van der Waals surface area contributed by atoms with Crippen LogP contribution in [0.2, 0.25) is 0 Å². The van der Waals surface area contributed by atoms with Gasteiger partial charge in [0.25, 0.3) is 0 Å². The minimum Gasteiger partial charge on any atom is -0.398 e. The summed E-state index contributed by atoms with van der Waals surface area (Å²) in [5.74, 6) is -0.994. The second-order valence-corrected chi connectivity index (χ2v) is 8.47. The molecule has 0 spiro atoms. The molecule has 0 saturated heterocycles. The molecule has 2 aliphatic rings. The highest BCUT2D eigenvalue weighted by Gasteiger charge is 2.37. The number of nitrogens with two attached hydrogens (primary N) is 2. The fraction of sp³-hybridized carbons (Fsp3) is 0.0357. The fourth-order valence-electron chi connectivity index (χ4n) is 5.10. The lowest BCUT2D eigenvalue weighted by Gasteiger charge is -2.28. The molecule has 0 bridgehead atoms. The molecule has 0 heterocycles. The van der Waals surface area contributed by atoms with Crippen LogP contribution in [0.1, 0.15) is 65.0 Å². The van der Waals surface area contributed by atoms with Crippen LogP contribution >= 0.6 is 0 Å². The second kappa shape index (κ2) is 6.97. The lowest BCUT2D eigenvalue weighted by Crippen LogP contribution is -2.25. The first-order chi connectivity index (χ1) is 16.4. The number of carbonyl (C=O) groups is 3. The Morgan fingerprint density at radius 3 is 1.71 bits per heavy atom. The molecule has 0 fully saturated rings. The molecule has 0 saturated carbocycles. The monoisotopic (exact) mass is 446 g/mol. The number of carbonyl (C=O) groups excluding carboxylic acids is 3. The molecule has 6 nitrogen and oxygen atoms in total. The summed E-state index contributed by atoms with van der Waals surface area (Å²) in [5.41, 5.74) is 15.9. The van der Waals surface area contributed by atoms with Gasteiger partial charge in [-0.25, -0.2) is 0 Å². The van der Waals surface area contributed by atoms with E-state index in [0.717, 1.165) is 0 Å². The third-order valence-electron chi connectivity index (χ3n) is 6.68. The summed E-state index contributed by atoms with van der Waals surface area (Å²) in [4.78, 5) is 40.6.